The predicted octanol–water partition coefficient (Wildman–Crippen LogP) is 2.98. The highest BCUT2D eigenvalue weighted by molar-refractivity contribution is 14.1. The number of benzene rings is 2. The van der Waals surface area contributed by atoms with E-state index in [-0.39, 0.29) is 11.9 Å². The van der Waals surface area contributed by atoms with Gasteiger partial charge in [0.1, 0.15) is 5.82 Å². The standard InChI is InChI=1S/C13H12FIN2/c14-11-5-1-9(2-6-11)13(17-16)10-3-7-12(15)8-4-10/h1-8,13,17H,16H2. The zero-order valence-corrected chi connectivity index (χ0v) is 11.2. The Morgan fingerprint density at radius 2 is 1.41 bits per heavy atom. The van der Waals surface area contributed by atoms with Crippen molar-refractivity contribution in [2.45, 2.75) is 6.04 Å². The molecule has 2 nitrogen and oxygen atoms in total. The fourth-order valence-corrected chi connectivity index (χ4v) is 2.05. The second-order valence-electron chi connectivity index (χ2n) is 3.70. The van der Waals surface area contributed by atoms with Crippen LogP contribution in [0.1, 0.15) is 17.2 Å². The second-order valence-corrected chi connectivity index (χ2v) is 4.95. The summed E-state index contributed by atoms with van der Waals surface area (Å²) in [7, 11) is 0. The number of nitrogens with two attached hydrogens (primary N) is 1. The normalized spacial score (nSPS) is 12.4. The highest BCUT2D eigenvalue weighted by Crippen LogP contribution is 2.22. The van der Waals surface area contributed by atoms with Gasteiger partial charge in [0.25, 0.3) is 0 Å². The van der Waals surface area contributed by atoms with Gasteiger partial charge in [-0.2, -0.15) is 0 Å². The molecule has 3 N–H and O–H groups in total. The molecule has 0 amide bonds. The van der Waals surface area contributed by atoms with Gasteiger partial charge in [-0.25, -0.2) is 9.82 Å². The van der Waals surface area contributed by atoms with E-state index in [9.17, 15) is 4.39 Å². The summed E-state index contributed by atoms with van der Waals surface area (Å²) in [4.78, 5) is 0. The third-order valence-corrected chi connectivity index (χ3v) is 3.29. The van der Waals surface area contributed by atoms with Crippen molar-refractivity contribution < 1.29 is 4.39 Å². The van der Waals surface area contributed by atoms with Crippen LogP contribution in [0.5, 0.6) is 0 Å². The Labute approximate surface area is 113 Å². The molecule has 0 bridgehead atoms. The molecule has 2 aromatic carbocycles. The highest BCUT2D eigenvalue weighted by Gasteiger charge is 2.11. The first-order valence-corrected chi connectivity index (χ1v) is 6.25. The van der Waals surface area contributed by atoms with E-state index < -0.39 is 0 Å². The van der Waals surface area contributed by atoms with Crippen LogP contribution in [0, 0.1) is 9.39 Å². The van der Waals surface area contributed by atoms with Crippen LogP contribution in [0.4, 0.5) is 4.39 Å². The summed E-state index contributed by atoms with van der Waals surface area (Å²) >= 11 is 2.25. The molecule has 0 heterocycles. The highest BCUT2D eigenvalue weighted by atomic mass is 127. The topological polar surface area (TPSA) is 38.0 Å². The lowest BCUT2D eigenvalue weighted by atomic mass is 9.99. The summed E-state index contributed by atoms with van der Waals surface area (Å²) in [6, 6.07) is 14.3. The molecular formula is C13H12FIN2. The molecule has 0 spiro atoms. The average molecular weight is 342 g/mol. The summed E-state index contributed by atoms with van der Waals surface area (Å²) in [5.74, 6) is 5.32. The van der Waals surface area contributed by atoms with Crippen molar-refractivity contribution in [2.24, 2.45) is 5.84 Å². The summed E-state index contributed by atoms with van der Waals surface area (Å²) in [5, 5.41) is 0. The van der Waals surface area contributed by atoms with Gasteiger partial charge >= 0.3 is 0 Å². The Balaban J connectivity index is 2.33. The maximum absolute atomic E-state index is 12.9. The van der Waals surface area contributed by atoms with Crippen molar-refractivity contribution >= 4 is 22.6 Å². The van der Waals surface area contributed by atoms with Crippen LogP contribution in [-0.4, -0.2) is 0 Å². The van der Waals surface area contributed by atoms with Crippen molar-refractivity contribution in [3.8, 4) is 0 Å². The van der Waals surface area contributed by atoms with E-state index >= 15 is 0 Å². The summed E-state index contributed by atoms with van der Waals surface area (Å²) in [5.41, 5.74) is 4.74. The molecule has 0 saturated heterocycles. The molecule has 2 aromatic rings. The third-order valence-electron chi connectivity index (χ3n) is 2.57. The number of hydrogen-bond acceptors (Lipinski definition) is 2. The van der Waals surface area contributed by atoms with Gasteiger partial charge in [0.2, 0.25) is 0 Å². The Morgan fingerprint density at radius 3 is 1.88 bits per heavy atom. The maximum Gasteiger partial charge on any atom is 0.123 e. The second kappa shape index (κ2) is 5.57. The van der Waals surface area contributed by atoms with Gasteiger partial charge in [-0.15, -0.1) is 0 Å². The molecule has 1 atom stereocenters. The molecule has 0 fully saturated rings. The quantitative estimate of drug-likeness (QED) is 0.511. The van der Waals surface area contributed by atoms with E-state index in [2.05, 4.69) is 28.0 Å². The van der Waals surface area contributed by atoms with Crippen LogP contribution < -0.4 is 11.3 Å². The zero-order valence-electron chi connectivity index (χ0n) is 9.03. The van der Waals surface area contributed by atoms with Gasteiger partial charge < -0.3 is 0 Å². The maximum atomic E-state index is 12.9. The van der Waals surface area contributed by atoms with Gasteiger partial charge in [0.15, 0.2) is 0 Å². The van der Waals surface area contributed by atoms with E-state index in [0.717, 1.165) is 11.1 Å². The Kier molecular flexibility index (Phi) is 4.09. The van der Waals surface area contributed by atoms with Gasteiger partial charge in [-0.3, -0.25) is 5.84 Å². The molecule has 0 aliphatic rings. The summed E-state index contributed by atoms with van der Waals surface area (Å²) in [6.45, 7) is 0. The fourth-order valence-electron chi connectivity index (χ4n) is 1.70. The van der Waals surface area contributed by atoms with E-state index in [0.29, 0.717) is 0 Å². The molecule has 88 valence electrons. The lowest BCUT2D eigenvalue weighted by Crippen LogP contribution is -2.28. The van der Waals surface area contributed by atoms with E-state index in [1.165, 1.54) is 15.7 Å². The van der Waals surface area contributed by atoms with Crippen molar-refractivity contribution in [3.05, 3.63) is 69.0 Å². The number of halogens is 2. The van der Waals surface area contributed by atoms with Crippen LogP contribution in [0.15, 0.2) is 48.5 Å². The SMILES string of the molecule is NNC(c1ccc(F)cc1)c1ccc(I)cc1. The average Bonchev–Trinajstić information content (AvgIpc) is 2.35. The minimum absolute atomic E-state index is 0.118. The van der Waals surface area contributed by atoms with Gasteiger partial charge in [-0.05, 0) is 58.0 Å². The van der Waals surface area contributed by atoms with E-state index in [4.69, 9.17) is 5.84 Å². The number of nitrogens with one attached hydrogen (secondary N) is 1. The number of hydrogen-bond donors (Lipinski definition) is 2. The van der Waals surface area contributed by atoms with Gasteiger partial charge in [-0.1, -0.05) is 24.3 Å². The third kappa shape index (κ3) is 3.02. The fraction of sp³-hybridized carbons (Fsp3) is 0.0769. The Hall–Kier alpha value is -0.980. The molecule has 0 aromatic heterocycles. The van der Waals surface area contributed by atoms with E-state index in [1.54, 1.807) is 12.1 Å². The predicted molar refractivity (Wildman–Crippen MR) is 74.7 cm³/mol. The van der Waals surface area contributed by atoms with Crippen molar-refractivity contribution in [1.82, 2.24) is 5.43 Å². The Bertz CT molecular complexity index is 436. The van der Waals surface area contributed by atoms with Gasteiger partial charge in [0.05, 0.1) is 6.04 Å². The molecular weight excluding hydrogens is 330 g/mol. The van der Waals surface area contributed by atoms with Crippen molar-refractivity contribution in [2.75, 3.05) is 0 Å². The minimum Gasteiger partial charge on any atom is -0.271 e. The van der Waals surface area contributed by atoms with Crippen LogP contribution in [-0.2, 0) is 0 Å². The van der Waals surface area contributed by atoms with Gasteiger partial charge in [0, 0.05) is 3.57 Å². The molecule has 0 saturated carbocycles. The minimum atomic E-state index is -0.243. The monoisotopic (exact) mass is 342 g/mol. The van der Waals surface area contributed by atoms with Crippen LogP contribution >= 0.6 is 22.6 Å². The van der Waals surface area contributed by atoms with Crippen LogP contribution in [0.25, 0.3) is 0 Å². The van der Waals surface area contributed by atoms with Crippen LogP contribution in [0.2, 0.25) is 0 Å². The smallest absolute Gasteiger partial charge is 0.123 e. The lowest BCUT2D eigenvalue weighted by molar-refractivity contribution is 0.615. The molecule has 0 radical (unpaired) electrons. The summed E-state index contributed by atoms with van der Waals surface area (Å²) in [6.07, 6.45) is 0. The lowest BCUT2D eigenvalue weighted by Gasteiger charge is -2.16. The summed E-state index contributed by atoms with van der Waals surface area (Å²) < 4.78 is 14.0. The van der Waals surface area contributed by atoms with Crippen molar-refractivity contribution in [1.29, 1.82) is 0 Å². The molecule has 1 unspecified atom stereocenters. The molecule has 0 aliphatic carbocycles. The number of hydrazine groups is 1. The van der Waals surface area contributed by atoms with Crippen molar-refractivity contribution in [3.63, 3.8) is 0 Å². The first-order valence-electron chi connectivity index (χ1n) is 5.18. The van der Waals surface area contributed by atoms with Crippen LogP contribution in [0.3, 0.4) is 0 Å². The Morgan fingerprint density at radius 1 is 0.941 bits per heavy atom. The first-order chi connectivity index (χ1) is 8.20. The number of rotatable bonds is 3. The molecule has 0 aliphatic heterocycles. The first kappa shape index (κ1) is 12.5. The molecule has 17 heavy (non-hydrogen) atoms. The molecule has 4 heteroatoms. The zero-order chi connectivity index (χ0) is 12.3. The largest absolute Gasteiger partial charge is 0.271 e. The molecule has 2 rings (SSSR count). The van der Waals surface area contributed by atoms with E-state index in [1.807, 2.05) is 24.3 Å².